The normalized spacial score (nSPS) is 19.7. The molecule has 168 valence electrons. The number of rotatable bonds is 2. The Morgan fingerprint density at radius 3 is 2.58 bits per heavy atom. The number of ether oxygens (including phenoxy) is 1. The van der Waals surface area contributed by atoms with E-state index in [9.17, 15) is 24.3 Å². The highest BCUT2D eigenvalue weighted by Crippen LogP contribution is 2.42. The van der Waals surface area contributed by atoms with Gasteiger partial charge in [-0.1, -0.05) is 18.2 Å². The zero-order valence-electron chi connectivity index (χ0n) is 18.0. The van der Waals surface area contributed by atoms with E-state index < -0.39 is 17.3 Å². The molecule has 0 unspecified atom stereocenters. The fourth-order valence-corrected chi connectivity index (χ4v) is 4.73. The molecule has 2 aromatic carbocycles. The van der Waals surface area contributed by atoms with Crippen molar-refractivity contribution in [2.45, 2.75) is 31.8 Å². The summed E-state index contributed by atoms with van der Waals surface area (Å²) >= 11 is 0. The van der Waals surface area contributed by atoms with E-state index in [1.165, 1.54) is 25.1 Å². The number of hydrogen-bond donors (Lipinski definition) is 2. The number of carbonyl (C=O) groups is 4. The first-order valence-electron chi connectivity index (χ1n) is 10.8. The molecule has 0 saturated carbocycles. The molecule has 2 aromatic rings. The third kappa shape index (κ3) is 3.57. The molecule has 0 bridgehead atoms. The van der Waals surface area contributed by atoms with Gasteiger partial charge >= 0.3 is 0 Å². The van der Waals surface area contributed by atoms with E-state index >= 15 is 0 Å². The predicted octanol–water partition coefficient (Wildman–Crippen LogP) is 2.96. The zero-order valence-corrected chi connectivity index (χ0v) is 18.0. The molecular weight excluding hydrogens is 424 g/mol. The molecular formula is C25H22N2O6. The maximum Gasteiger partial charge on any atom is 0.256 e. The number of piperidine rings is 1. The highest BCUT2D eigenvalue weighted by atomic mass is 16.5. The average molecular weight is 446 g/mol. The second-order valence-corrected chi connectivity index (χ2v) is 8.68. The molecule has 3 heterocycles. The van der Waals surface area contributed by atoms with Crippen molar-refractivity contribution in [3.63, 3.8) is 0 Å². The van der Waals surface area contributed by atoms with Crippen molar-refractivity contribution >= 4 is 34.6 Å². The SMILES string of the molecule is CC(=O)N1CCC2(CC1)CC(=O)c1cc(C(=O)/C=C3\C(=O)Nc4ccccc43)c(O)cc1O2. The number of amides is 2. The van der Waals surface area contributed by atoms with Crippen LogP contribution in [0.3, 0.4) is 0 Å². The lowest BCUT2D eigenvalue weighted by molar-refractivity contribution is -0.132. The smallest absolute Gasteiger partial charge is 0.256 e. The van der Waals surface area contributed by atoms with Gasteiger partial charge in [0, 0.05) is 50.2 Å². The van der Waals surface area contributed by atoms with Crippen LogP contribution >= 0.6 is 0 Å². The van der Waals surface area contributed by atoms with Gasteiger partial charge in [-0.25, -0.2) is 0 Å². The maximum absolute atomic E-state index is 13.0. The van der Waals surface area contributed by atoms with Crippen LogP contribution in [0.4, 0.5) is 5.69 Å². The zero-order chi connectivity index (χ0) is 23.3. The molecule has 33 heavy (non-hydrogen) atoms. The minimum atomic E-state index is -0.721. The average Bonchev–Trinajstić information content (AvgIpc) is 3.08. The number of ketones is 2. The lowest BCUT2D eigenvalue weighted by Crippen LogP contribution is -2.51. The second kappa shape index (κ2) is 7.58. The van der Waals surface area contributed by atoms with Crippen LogP contribution < -0.4 is 10.1 Å². The van der Waals surface area contributed by atoms with Crippen LogP contribution in [0.1, 0.15) is 52.5 Å². The second-order valence-electron chi connectivity index (χ2n) is 8.68. The van der Waals surface area contributed by atoms with Crippen molar-refractivity contribution in [3.05, 3.63) is 59.2 Å². The summed E-state index contributed by atoms with van der Waals surface area (Å²) in [5.74, 6) is -1.28. The van der Waals surface area contributed by atoms with Crippen LogP contribution in [0.2, 0.25) is 0 Å². The number of phenols is 1. The maximum atomic E-state index is 13.0. The number of allylic oxidation sites excluding steroid dienone is 1. The standard InChI is InChI=1S/C25H22N2O6/c1-14(28)27-8-6-25(7-9-27)13-22(31)18-10-17(21(30)12-23(18)33-25)20(29)11-16-15-4-2-3-5-19(15)26-24(16)32/h2-5,10-12,30H,6-9,13H2,1H3,(H,26,32)/b16-11-. The van der Waals surface area contributed by atoms with E-state index in [4.69, 9.17) is 4.74 Å². The number of phenolic OH excluding ortho intramolecular Hbond substituents is 1. The quantitative estimate of drug-likeness (QED) is 0.542. The van der Waals surface area contributed by atoms with Gasteiger partial charge in [-0.05, 0) is 18.2 Å². The molecule has 0 radical (unpaired) electrons. The molecule has 1 saturated heterocycles. The van der Waals surface area contributed by atoms with Crippen LogP contribution in [-0.4, -0.2) is 52.1 Å². The summed E-state index contributed by atoms with van der Waals surface area (Å²) in [7, 11) is 0. The minimum Gasteiger partial charge on any atom is -0.507 e. The number of para-hydroxylation sites is 1. The number of anilines is 1. The van der Waals surface area contributed by atoms with Crippen LogP contribution in [0.15, 0.2) is 42.5 Å². The van der Waals surface area contributed by atoms with Crippen molar-refractivity contribution in [1.29, 1.82) is 0 Å². The number of hydrogen-bond acceptors (Lipinski definition) is 6. The van der Waals surface area contributed by atoms with Gasteiger partial charge in [0.2, 0.25) is 5.91 Å². The number of carbonyl (C=O) groups excluding carboxylic acids is 4. The van der Waals surface area contributed by atoms with E-state index in [0.29, 0.717) is 37.2 Å². The minimum absolute atomic E-state index is 0.0131. The van der Waals surface area contributed by atoms with Crippen molar-refractivity contribution in [3.8, 4) is 11.5 Å². The first-order chi connectivity index (χ1) is 15.8. The van der Waals surface area contributed by atoms with Crippen molar-refractivity contribution in [2.75, 3.05) is 18.4 Å². The molecule has 1 fully saturated rings. The Balaban J connectivity index is 1.44. The van der Waals surface area contributed by atoms with E-state index in [0.717, 1.165) is 0 Å². The summed E-state index contributed by atoms with van der Waals surface area (Å²) in [6.07, 6.45) is 2.34. The van der Waals surface area contributed by atoms with Crippen LogP contribution in [-0.2, 0) is 9.59 Å². The number of aromatic hydroxyl groups is 1. The van der Waals surface area contributed by atoms with Crippen molar-refractivity contribution < 1.29 is 29.0 Å². The van der Waals surface area contributed by atoms with Gasteiger partial charge in [0.1, 0.15) is 17.1 Å². The predicted molar refractivity (Wildman–Crippen MR) is 119 cm³/mol. The molecule has 0 atom stereocenters. The number of likely N-dealkylation sites (tertiary alicyclic amines) is 1. The molecule has 0 aromatic heterocycles. The largest absolute Gasteiger partial charge is 0.507 e. The lowest BCUT2D eigenvalue weighted by atomic mass is 9.82. The summed E-state index contributed by atoms with van der Waals surface area (Å²) in [5.41, 5.74) is 0.851. The molecule has 8 nitrogen and oxygen atoms in total. The molecule has 1 spiro atoms. The van der Waals surface area contributed by atoms with Gasteiger partial charge in [0.15, 0.2) is 11.6 Å². The molecule has 2 amide bonds. The summed E-state index contributed by atoms with van der Waals surface area (Å²) in [4.78, 5) is 51.6. The van der Waals surface area contributed by atoms with Gasteiger partial charge < -0.3 is 20.1 Å². The number of Topliss-reactive ketones (excluding diaryl/α,β-unsaturated/α-hetero) is 1. The number of fused-ring (bicyclic) bond motifs is 2. The highest BCUT2D eigenvalue weighted by Gasteiger charge is 2.44. The van der Waals surface area contributed by atoms with Crippen LogP contribution in [0.25, 0.3) is 5.57 Å². The summed E-state index contributed by atoms with van der Waals surface area (Å²) in [5, 5.41) is 13.3. The van der Waals surface area contributed by atoms with E-state index in [1.807, 2.05) is 0 Å². The molecule has 5 rings (SSSR count). The molecule has 8 heteroatoms. The number of nitrogens with zero attached hydrogens (tertiary/aromatic N) is 1. The van der Waals surface area contributed by atoms with E-state index in [2.05, 4.69) is 5.32 Å². The van der Waals surface area contributed by atoms with Crippen molar-refractivity contribution in [1.82, 2.24) is 4.90 Å². The summed E-state index contributed by atoms with van der Waals surface area (Å²) < 4.78 is 6.16. The van der Waals surface area contributed by atoms with Gasteiger partial charge in [-0.15, -0.1) is 0 Å². The van der Waals surface area contributed by atoms with Gasteiger partial charge in [-0.2, -0.15) is 0 Å². The Morgan fingerprint density at radius 2 is 1.85 bits per heavy atom. The molecule has 0 aliphatic carbocycles. The number of nitrogens with one attached hydrogen (secondary N) is 1. The fraction of sp³-hybridized carbons (Fsp3) is 0.280. The Bertz CT molecular complexity index is 1250. The molecule has 3 aliphatic heterocycles. The van der Waals surface area contributed by atoms with Crippen molar-refractivity contribution in [2.24, 2.45) is 0 Å². The Hall–Kier alpha value is -3.94. The third-order valence-corrected chi connectivity index (χ3v) is 6.58. The monoisotopic (exact) mass is 446 g/mol. The lowest BCUT2D eigenvalue weighted by Gasteiger charge is -2.43. The number of benzene rings is 2. The van der Waals surface area contributed by atoms with E-state index in [1.54, 1.807) is 29.2 Å². The first-order valence-corrected chi connectivity index (χ1v) is 10.8. The topological polar surface area (TPSA) is 113 Å². The third-order valence-electron chi connectivity index (χ3n) is 6.58. The Labute approximate surface area is 189 Å². The Morgan fingerprint density at radius 1 is 1.12 bits per heavy atom. The fourth-order valence-electron chi connectivity index (χ4n) is 4.73. The van der Waals surface area contributed by atoms with Crippen LogP contribution in [0, 0.1) is 0 Å². The molecule has 2 N–H and O–H groups in total. The van der Waals surface area contributed by atoms with E-state index in [-0.39, 0.29) is 46.3 Å². The van der Waals surface area contributed by atoms with Crippen LogP contribution in [0.5, 0.6) is 11.5 Å². The van der Waals surface area contributed by atoms with Gasteiger partial charge in [-0.3, -0.25) is 19.2 Å². The summed E-state index contributed by atoms with van der Waals surface area (Å²) in [6, 6.07) is 9.64. The first kappa shape index (κ1) is 20.9. The Kier molecular flexibility index (Phi) is 4.81. The highest BCUT2D eigenvalue weighted by molar-refractivity contribution is 6.35. The van der Waals surface area contributed by atoms with Gasteiger partial charge in [0.05, 0.1) is 23.1 Å². The summed E-state index contributed by atoms with van der Waals surface area (Å²) in [6.45, 7) is 2.51. The van der Waals surface area contributed by atoms with Gasteiger partial charge in [0.25, 0.3) is 5.91 Å². The molecule has 3 aliphatic rings.